The number of ether oxygens (including phenoxy) is 3. The summed E-state index contributed by atoms with van der Waals surface area (Å²) in [5.41, 5.74) is 5.55. The van der Waals surface area contributed by atoms with Crippen molar-refractivity contribution in [1.29, 1.82) is 0 Å². The molecule has 0 spiro atoms. The Morgan fingerprint density at radius 2 is 1.73 bits per heavy atom. The van der Waals surface area contributed by atoms with E-state index in [0.29, 0.717) is 29.1 Å². The zero-order valence-corrected chi connectivity index (χ0v) is 40.7. The van der Waals surface area contributed by atoms with Crippen LogP contribution in [0.4, 0.5) is 15.3 Å². The third-order valence-corrected chi connectivity index (χ3v) is 17.0. The van der Waals surface area contributed by atoms with Gasteiger partial charge in [0.1, 0.15) is 12.4 Å². The van der Waals surface area contributed by atoms with Gasteiger partial charge in [-0.3, -0.25) is 4.79 Å². The molecule has 15 nitrogen and oxygen atoms in total. The number of halogens is 1. The second-order valence-electron chi connectivity index (χ2n) is 18.0. The number of hydrogen-bond donors (Lipinski definition) is 1. The van der Waals surface area contributed by atoms with E-state index in [0.717, 1.165) is 69.7 Å². The largest absolute Gasteiger partial charge is 0.458 e. The van der Waals surface area contributed by atoms with Crippen LogP contribution in [0, 0.1) is 0 Å². The number of pyridine rings is 2. The van der Waals surface area contributed by atoms with Crippen LogP contribution in [0.1, 0.15) is 86.8 Å². The predicted octanol–water partition coefficient (Wildman–Crippen LogP) is 3.92. The quantitative estimate of drug-likeness (QED) is 0.0735. The van der Waals surface area contributed by atoms with Crippen LogP contribution in [-0.4, -0.2) is 93.9 Å². The molecular weight excluding hydrogens is 967 g/mol. The van der Waals surface area contributed by atoms with Crippen LogP contribution in [-0.2, 0) is 39.4 Å². The van der Waals surface area contributed by atoms with E-state index in [-0.39, 0.29) is 70.8 Å². The fraction of sp³-hybridized carbons (Fsp3) is 0.412. The Morgan fingerprint density at radius 1 is 0.940 bits per heavy atom. The number of fused-ring (bicyclic) bond motifs is 7. The first kappa shape index (κ1) is 44.8. The summed E-state index contributed by atoms with van der Waals surface area (Å²) in [5, 5.41) is 14.1. The van der Waals surface area contributed by atoms with E-state index >= 15 is 0 Å². The molecule has 67 heavy (non-hydrogen) atoms. The minimum absolute atomic E-state index is 0.0567. The van der Waals surface area contributed by atoms with Crippen LogP contribution >= 0.6 is 0 Å². The van der Waals surface area contributed by atoms with Crippen LogP contribution in [0.3, 0.4) is 0 Å². The van der Waals surface area contributed by atoms with Gasteiger partial charge in [0.25, 0.3) is 5.56 Å². The summed E-state index contributed by atoms with van der Waals surface area (Å²) >= 11 is -0.0718. The molecule has 1 N–H and O–H groups in total. The maximum absolute atomic E-state index is 13.8. The van der Waals surface area contributed by atoms with Crippen LogP contribution in [0.15, 0.2) is 69.9 Å². The van der Waals surface area contributed by atoms with Gasteiger partial charge in [-0.05, 0) is 42.7 Å². The van der Waals surface area contributed by atoms with Crippen molar-refractivity contribution in [2.75, 3.05) is 56.1 Å². The first-order valence-corrected chi connectivity index (χ1v) is 25.8. The molecule has 16 heteroatoms. The number of benzene rings is 3. The Bertz CT molecular complexity index is 3100. The number of anilines is 1. The molecule has 5 aliphatic heterocycles. The Hall–Kier alpha value is -6.01. The molecule has 2 saturated heterocycles. The van der Waals surface area contributed by atoms with Crippen LogP contribution < -0.4 is 44.8 Å². The van der Waals surface area contributed by atoms with Gasteiger partial charge in [-0.1, -0.05) is 13.8 Å². The molecule has 6 aliphatic rings. The van der Waals surface area contributed by atoms with Crippen molar-refractivity contribution in [2.45, 2.75) is 84.2 Å². The SMILES string of the molecule is CCc1c2c(nc3ccc(OC(=O)N(C)CCN(C)C(=O)OC(C)c4c5cc/c(=[N+]6/CCCC[I-]6)cc-5oc5cc(N6CCCC6)ccc45)cc13)-c1cc3c(c(=O)n1C2)COC(=O)[C@]3(O)CC. The summed E-state index contributed by atoms with van der Waals surface area (Å²) in [4.78, 5) is 63.8. The summed E-state index contributed by atoms with van der Waals surface area (Å²) in [5.74, 6) is 0.319. The first-order valence-electron chi connectivity index (χ1n) is 23.3. The topological polar surface area (TPSA) is 160 Å². The molecule has 7 heterocycles. The fourth-order valence-corrected chi connectivity index (χ4v) is 12.8. The Balaban J connectivity index is 0.834. The Labute approximate surface area is 398 Å². The minimum atomic E-state index is -1.92. The third-order valence-electron chi connectivity index (χ3n) is 13.9. The van der Waals surface area contributed by atoms with E-state index in [9.17, 15) is 24.3 Å². The number of aromatic nitrogens is 2. The molecule has 4 aromatic rings. The van der Waals surface area contributed by atoms with E-state index in [1.807, 2.05) is 13.8 Å². The van der Waals surface area contributed by atoms with Crippen molar-refractivity contribution in [1.82, 2.24) is 22.1 Å². The normalized spacial score (nSPS) is 19.1. The second-order valence-corrected chi connectivity index (χ2v) is 20.9. The number of hydrogen-bond acceptors (Lipinski definition) is 11. The van der Waals surface area contributed by atoms with Gasteiger partial charge in [-0.2, -0.15) is 0 Å². The van der Waals surface area contributed by atoms with E-state index in [1.54, 1.807) is 49.9 Å². The number of aliphatic hydroxyl groups is 1. The number of nitrogens with zero attached hydrogens (tertiary/aromatic N) is 6. The molecule has 2 atom stereocenters. The molecule has 1 unspecified atom stereocenters. The average molecular weight is 1020 g/mol. The van der Waals surface area contributed by atoms with Gasteiger partial charge in [0.15, 0.2) is 5.60 Å². The van der Waals surface area contributed by atoms with Crippen molar-refractivity contribution in [3.05, 3.63) is 104 Å². The number of amides is 2. The summed E-state index contributed by atoms with van der Waals surface area (Å²) in [6.07, 6.45) is 3.76. The number of likely N-dealkylation sites (N-methyl/N-ethyl adjacent to an activating group) is 2. The van der Waals surface area contributed by atoms with Gasteiger partial charge in [0.05, 0.1) is 29.0 Å². The number of carbonyl (C=O) groups is 3. The standard InChI is InChI=1S/C51H55IN6O9/c1-6-34-37-26-33(14-17-41(37)53-46-38(34)28-57-42(46)27-40-39(47(57)59)29-64-48(60)51(40,63)7-2)66-50(62)55(5)23-22-54(4)49(61)65-30(3)45-35-15-12-31(56-19-10-11-20-56)24-43(35)67-44-25-32(13-16-36(44)45)58-21-9-8-18-52-58/h12-17,24-27,30,63H,6-11,18-23,28-29H2,1-5H3/b58-32+/t30?,51-/m0/s1. The van der Waals surface area contributed by atoms with Gasteiger partial charge in [-0.25, -0.2) is 14.6 Å². The van der Waals surface area contributed by atoms with Gasteiger partial charge in [-0.15, -0.1) is 0 Å². The fourth-order valence-electron chi connectivity index (χ4n) is 9.99. The zero-order valence-electron chi connectivity index (χ0n) is 38.5. The molecule has 350 valence electrons. The summed E-state index contributed by atoms with van der Waals surface area (Å²) in [6.45, 7) is 9.12. The van der Waals surface area contributed by atoms with Crippen molar-refractivity contribution in [2.24, 2.45) is 0 Å². The molecule has 0 saturated carbocycles. The van der Waals surface area contributed by atoms with E-state index in [4.69, 9.17) is 23.6 Å². The summed E-state index contributed by atoms with van der Waals surface area (Å²) < 4.78 is 29.4. The molecule has 0 radical (unpaired) electrons. The number of alkyl halides is 1. The second kappa shape index (κ2) is 17.9. The maximum atomic E-state index is 13.8. The van der Waals surface area contributed by atoms with E-state index < -0.39 is 29.9 Å². The minimum Gasteiger partial charge on any atom is -0.458 e. The van der Waals surface area contributed by atoms with Crippen molar-refractivity contribution < 1.29 is 59.6 Å². The maximum Gasteiger partial charge on any atom is 0.343 e. The number of esters is 1. The third kappa shape index (κ3) is 7.98. The van der Waals surface area contributed by atoms with Crippen LogP contribution in [0.5, 0.6) is 5.75 Å². The Kier molecular flexibility index (Phi) is 12.0. The number of aryl methyl sites for hydroxylation is 1. The molecule has 2 aromatic carbocycles. The predicted molar refractivity (Wildman–Crippen MR) is 249 cm³/mol. The van der Waals surface area contributed by atoms with Crippen LogP contribution in [0.2, 0.25) is 0 Å². The van der Waals surface area contributed by atoms with E-state index in [1.165, 1.54) is 45.3 Å². The molecule has 1 aliphatic carbocycles. The summed E-state index contributed by atoms with van der Waals surface area (Å²) in [6, 6.07) is 19.7. The van der Waals surface area contributed by atoms with Crippen molar-refractivity contribution in [3.8, 4) is 28.5 Å². The molecule has 2 fully saturated rings. The van der Waals surface area contributed by atoms with Crippen LogP contribution in [0.25, 0.3) is 44.6 Å². The van der Waals surface area contributed by atoms with Gasteiger partial charge < -0.3 is 24.0 Å². The Morgan fingerprint density at radius 3 is 2.48 bits per heavy atom. The number of carbonyl (C=O) groups excluding carboxylic acids is 3. The zero-order chi connectivity index (χ0) is 46.7. The number of cyclic esters (lactones) is 1. The van der Waals surface area contributed by atoms with Gasteiger partial charge >= 0.3 is 224 Å². The van der Waals surface area contributed by atoms with Gasteiger partial charge in [0, 0.05) is 23.6 Å². The first-order chi connectivity index (χ1) is 32.4. The molecule has 10 rings (SSSR count). The summed E-state index contributed by atoms with van der Waals surface area (Å²) in [7, 11) is 3.27. The molecule has 2 amide bonds. The molecule has 0 bridgehead atoms. The van der Waals surface area contributed by atoms with Crippen molar-refractivity contribution in [3.63, 3.8) is 0 Å². The van der Waals surface area contributed by atoms with Gasteiger partial charge in [0.2, 0.25) is 0 Å². The molecule has 2 aromatic heterocycles. The number of rotatable bonds is 9. The smallest absolute Gasteiger partial charge is 0.343 e. The molecular formula is C51H55IN6O9. The van der Waals surface area contributed by atoms with E-state index in [2.05, 4.69) is 44.1 Å². The monoisotopic (exact) mass is 1020 g/mol. The van der Waals surface area contributed by atoms with Crippen molar-refractivity contribution >= 4 is 45.7 Å². The average Bonchev–Trinajstić information content (AvgIpc) is 4.02.